The van der Waals surface area contributed by atoms with Crippen molar-refractivity contribution in [3.63, 3.8) is 0 Å². The summed E-state index contributed by atoms with van der Waals surface area (Å²) in [6, 6.07) is 0. The third kappa shape index (κ3) is 4.07. The van der Waals surface area contributed by atoms with Crippen LogP contribution in [0.5, 0.6) is 0 Å². The van der Waals surface area contributed by atoms with Gasteiger partial charge in [-0.05, 0) is 79.4 Å². The fourth-order valence-corrected chi connectivity index (χ4v) is 5.19. The van der Waals surface area contributed by atoms with Crippen molar-refractivity contribution >= 4 is 0 Å². The molecule has 0 saturated heterocycles. The van der Waals surface area contributed by atoms with E-state index in [4.69, 9.17) is 0 Å². The number of allylic oxidation sites excluding steroid dienone is 19. The molecule has 0 spiro atoms. The van der Waals surface area contributed by atoms with Crippen molar-refractivity contribution in [2.24, 2.45) is 11.8 Å². The van der Waals surface area contributed by atoms with Gasteiger partial charge in [-0.2, -0.15) is 0 Å². The van der Waals surface area contributed by atoms with Crippen LogP contribution >= 0.6 is 0 Å². The molecule has 4 rings (SSSR count). The number of hydrogen-bond donors (Lipinski definition) is 0. The molecule has 0 aliphatic heterocycles. The zero-order valence-electron chi connectivity index (χ0n) is 18.1. The van der Waals surface area contributed by atoms with Crippen molar-refractivity contribution in [2.75, 3.05) is 0 Å². The van der Waals surface area contributed by atoms with E-state index in [1.54, 1.807) is 5.57 Å². The lowest BCUT2D eigenvalue weighted by atomic mass is 9.66. The fraction of sp³-hybridized carbons (Fsp3) is 0.300. The van der Waals surface area contributed by atoms with Gasteiger partial charge in [0.1, 0.15) is 0 Å². The maximum absolute atomic E-state index is 3.90. The van der Waals surface area contributed by atoms with Gasteiger partial charge < -0.3 is 0 Å². The molecule has 0 N–H and O–H groups in total. The minimum absolute atomic E-state index is 0.281. The Balaban J connectivity index is 1.93. The molecule has 0 aromatic carbocycles. The van der Waals surface area contributed by atoms with Gasteiger partial charge in [0, 0.05) is 11.8 Å². The van der Waals surface area contributed by atoms with Gasteiger partial charge >= 0.3 is 0 Å². The zero-order valence-corrected chi connectivity index (χ0v) is 18.1. The molecule has 2 atom stereocenters. The molecule has 152 valence electrons. The summed E-state index contributed by atoms with van der Waals surface area (Å²) < 4.78 is 0. The van der Waals surface area contributed by atoms with E-state index in [1.165, 1.54) is 47.1 Å². The smallest absolute Gasteiger partial charge is 0.0317 e. The van der Waals surface area contributed by atoms with Crippen molar-refractivity contribution in [3.8, 4) is 0 Å². The van der Waals surface area contributed by atoms with Gasteiger partial charge in [-0.3, -0.25) is 0 Å². The zero-order chi connectivity index (χ0) is 20.8. The molecule has 4 aliphatic carbocycles. The molecule has 0 fully saturated rings. The summed E-state index contributed by atoms with van der Waals surface area (Å²) in [5.74, 6) is 0.794. The predicted molar refractivity (Wildman–Crippen MR) is 130 cm³/mol. The van der Waals surface area contributed by atoms with Gasteiger partial charge in [0.25, 0.3) is 0 Å². The SMILES string of the molecule is C=C=C/C(=C\C/C=C\C)C1C2=CC=CC=CC2=C(C2C=CCCC2)C2=C1CCC=C2. The van der Waals surface area contributed by atoms with E-state index in [0.29, 0.717) is 5.92 Å². The number of hydrogen-bond acceptors (Lipinski definition) is 0. The van der Waals surface area contributed by atoms with Crippen molar-refractivity contribution < 1.29 is 0 Å². The molecule has 0 bridgehead atoms. The second kappa shape index (κ2) is 9.79. The van der Waals surface area contributed by atoms with Crippen molar-refractivity contribution in [1.82, 2.24) is 0 Å². The molecular formula is C30H32. The molecule has 0 radical (unpaired) electrons. The molecule has 0 amide bonds. The average Bonchev–Trinajstić information content (AvgIpc) is 3.03. The maximum atomic E-state index is 3.90. The van der Waals surface area contributed by atoms with Crippen LogP contribution in [0.25, 0.3) is 0 Å². The minimum atomic E-state index is 0.281. The van der Waals surface area contributed by atoms with E-state index in [0.717, 1.165) is 19.3 Å². The highest BCUT2D eigenvalue weighted by atomic mass is 14.4. The minimum Gasteiger partial charge on any atom is -0.128 e. The first kappa shape index (κ1) is 20.5. The first-order chi connectivity index (χ1) is 14.8. The second-order valence-corrected chi connectivity index (χ2v) is 8.33. The van der Waals surface area contributed by atoms with Crippen LogP contribution in [0.15, 0.2) is 125 Å². The Kier molecular flexibility index (Phi) is 6.67. The Morgan fingerprint density at radius 2 is 2.07 bits per heavy atom. The largest absolute Gasteiger partial charge is 0.128 e. The van der Waals surface area contributed by atoms with Crippen molar-refractivity contribution in [3.05, 3.63) is 125 Å². The van der Waals surface area contributed by atoms with Crippen LogP contribution in [-0.4, -0.2) is 0 Å². The molecule has 0 saturated carbocycles. The summed E-state index contributed by atoms with van der Waals surface area (Å²) in [5, 5.41) is 0. The topological polar surface area (TPSA) is 0 Å². The van der Waals surface area contributed by atoms with E-state index < -0.39 is 0 Å². The molecule has 0 heterocycles. The van der Waals surface area contributed by atoms with Crippen molar-refractivity contribution in [1.29, 1.82) is 0 Å². The third-order valence-electron chi connectivity index (χ3n) is 6.48. The number of rotatable bonds is 5. The fourth-order valence-electron chi connectivity index (χ4n) is 5.19. The van der Waals surface area contributed by atoms with Crippen LogP contribution in [-0.2, 0) is 0 Å². The van der Waals surface area contributed by atoms with Crippen molar-refractivity contribution in [2.45, 2.75) is 45.4 Å². The Labute approximate surface area is 182 Å². The summed E-state index contributed by atoms with van der Waals surface area (Å²) in [7, 11) is 0. The first-order valence-corrected chi connectivity index (χ1v) is 11.4. The van der Waals surface area contributed by atoms with Gasteiger partial charge in [-0.15, -0.1) is 5.73 Å². The Morgan fingerprint density at radius 1 is 1.13 bits per heavy atom. The van der Waals surface area contributed by atoms with Crippen LogP contribution in [0.3, 0.4) is 0 Å². The summed E-state index contributed by atoms with van der Waals surface area (Å²) >= 11 is 0. The highest BCUT2D eigenvalue weighted by Crippen LogP contribution is 2.50. The standard InChI is InChI=1S/C30H32/c1-3-5-8-16-23(15-4-2)29-25-19-11-7-12-20-26(25)30(24-17-9-6-10-18-24)28-22-14-13-21-27(28)29/h3,5,7,9,11-12,14-17,19-20,22,24,29H,2,6,8,10,13,18,21H2,1H3/b5-3-,23-16+. The highest BCUT2D eigenvalue weighted by molar-refractivity contribution is 5.68. The lowest BCUT2D eigenvalue weighted by Gasteiger charge is -2.38. The van der Waals surface area contributed by atoms with Crippen LogP contribution < -0.4 is 0 Å². The third-order valence-corrected chi connectivity index (χ3v) is 6.48. The number of fused-ring (bicyclic) bond motifs is 1. The molecule has 0 aromatic heterocycles. The summed E-state index contributed by atoms with van der Waals surface area (Å²) in [6.45, 7) is 5.98. The lowest BCUT2D eigenvalue weighted by molar-refractivity contribution is 0.598. The molecule has 30 heavy (non-hydrogen) atoms. The molecule has 4 aliphatic rings. The summed E-state index contributed by atoms with van der Waals surface area (Å²) in [6.07, 6.45) is 36.6. The first-order valence-electron chi connectivity index (χ1n) is 11.4. The maximum Gasteiger partial charge on any atom is 0.0317 e. The summed E-state index contributed by atoms with van der Waals surface area (Å²) in [5.41, 5.74) is 11.8. The normalized spacial score (nSPS) is 25.8. The van der Waals surface area contributed by atoms with Crippen LogP contribution in [0.1, 0.15) is 45.4 Å². The van der Waals surface area contributed by atoms with Crippen LogP contribution in [0.2, 0.25) is 0 Å². The summed E-state index contributed by atoms with van der Waals surface area (Å²) in [4.78, 5) is 0. The van der Waals surface area contributed by atoms with Crippen LogP contribution in [0, 0.1) is 11.8 Å². The van der Waals surface area contributed by atoms with E-state index in [2.05, 4.69) is 98.2 Å². The van der Waals surface area contributed by atoms with Gasteiger partial charge in [0.2, 0.25) is 0 Å². The molecule has 0 heteroatoms. The molecule has 2 unspecified atom stereocenters. The molecule has 0 aromatic rings. The highest BCUT2D eigenvalue weighted by Gasteiger charge is 2.35. The van der Waals surface area contributed by atoms with E-state index in [1.807, 2.05) is 0 Å². The van der Waals surface area contributed by atoms with Gasteiger partial charge in [-0.25, -0.2) is 0 Å². The van der Waals surface area contributed by atoms with Gasteiger partial charge in [-0.1, -0.05) is 85.1 Å². The van der Waals surface area contributed by atoms with Gasteiger partial charge in [0.15, 0.2) is 0 Å². The van der Waals surface area contributed by atoms with E-state index in [9.17, 15) is 0 Å². The second-order valence-electron chi connectivity index (χ2n) is 8.33. The molecule has 0 nitrogen and oxygen atoms in total. The lowest BCUT2D eigenvalue weighted by Crippen LogP contribution is -2.24. The quantitative estimate of drug-likeness (QED) is 0.251. The van der Waals surface area contributed by atoms with E-state index >= 15 is 0 Å². The van der Waals surface area contributed by atoms with E-state index in [-0.39, 0.29) is 5.92 Å². The Bertz CT molecular complexity index is 1000. The predicted octanol–water partition coefficient (Wildman–Crippen LogP) is 8.20. The van der Waals surface area contributed by atoms with Gasteiger partial charge in [0.05, 0.1) is 0 Å². The van der Waals surface area contributed by atoms with Crippen LogP contribution in [0.4, 0.5) is 0 Å². The molecular weight excluding hydrogens is 360 g/mol. The Hall–Kier alpha value is -2.82. The average molecular weight is 393 g/mol. The monoisotopic (exact) mass is 392 g/mol. The Morgan fingerprint density at radius 3 is 2.87 bits per heavy atom.